The Bertz CT molecular complexity index is 465. The average molecular weight is 302 g/mol. The van der Waals surface area contributed by atoms with Gasteiger partial charge in [0.1, 0.15) is 5.82 Å². The van der Waals surface area contributed by atoms with E-state index < -0.39 is 0 Å². The Kier molecular flexibility index (Phi) is 5.55. The van der Waals surface area contributed by atoms with Crippen molar-refractivity contribution in [2.75, 3.05) is 0 Å². The average Bonchev–Trinajstić information content (AvgIpc) is 2.57. The Hall–Kier alpha value is -0.850. The van der Waals surface area contributed by atoms with Crippen LogP contribution in [0.1, 0.15) is 75.3 Å². The Morgan fingerprint density at radius 2 is 1.59 bits per heavy atom. The molecular formula is C21H31F. The number of halogens is 1. The highest BCUT2D eigenvalue weighted by atomic mass is 19.1. The van der Waals surface area contributed by atoms with Gasteiger partial charge in [0.25, 0.3) is 0 Å². The van der Waals surface area contributed by atoms with E-state index in [9.17, 15) is 4.39 Å². The number of hydrogen-bond donors (Lipinski definition) is 0. The molecule has 0 bridgehead atoms. The number of benzene rings is 1. The fourth-order valence-corrected chi connectivity index (χ4v) is 4.72. The highest BCUT2D eigenvalue weighted by molar-refractivity contribution is 5.23. The van der Waals surface area contributed by atoms with Crippen LogP contribution in [0, 0.1) is 30.5 Å². The second-order valence-electron chi connectivity index (χ2n) is 7.80. The van der Waals surface area contributed by atoms with Crippen molar-refractivity contribution >= 4 is 0 Å². The normalized spacial score (nSPS) is 27.0. The van der Waals surface area contributed by atoms with Gasteiger partial charge in [0.05, 0.1) is 0 Å². The summed E-state index contributed by atoms with van der Waals surface area (Å²) in [6.45, 7) is 1.84. The first-order valence-electron chi connectivity index (χ1n) is 9.47. The summed E-state index contributed by atoms with van der Waals surface area (Å²) in [5.74, 6) is 2.90. The van der Waals surface area contributed by atoms with Crippen molar-refractivity contribution < 1.29 is 4.39 Å². The van der Waals surface area contributed by atoms with Gasteiger partial charge >= 0.3 is 0 Å². The van der Waals surface area contributed by atoms with Crippen LogP contribution in [0.5, 0.6) is 0 Å². The third-order valence-corrected chi connectivity index (χ3v) is 6.29. The fourth-order valence-electron chi connectivity index (χ4n) is 4.72. The molecule has 0 heterocycles. The van der Waals surface area contributed by atoms with Gasteiger partial charge in [-0.1, -0.05) is 57.1 Å². The van der Waals surface area contributed by atoms with Gasteiger partial charge in [0, 0.05) is 0 Å². The van der Waals surface area contributed by atoms with Crippen molar-refractivity contribution in [1.82, 2.24) is 0 Å². The van der Waals surface area contributed by atoms with Gasteiger partial charge in [-0.3, -0.25) is 0 Å². The largest absolute Gasteiger partial charge is 0.207 e. The van der Waals surface area contributed by atoms with Gasteiger partial charge in [0.2, 0.25) is 0 Å². The minimum atomic E-state index is -0.0430. The quantitative estimate of drug-likeness (QED) is 0.599. The highest BCUT2D eigenvalue weighted by Crippen LogP contribution is 2.40. The molecule has 122 valence electrons. The molecule has 0 atom stereocenters. The van der Waals surface area contributed by atoms with Crippen molar-refractivity contribution in [3.8, 4) is 0 Å². The molecule has 0 aromatic heterocycles. The van der Waals surface area contributed by atoms with Crippen molar-refractivity contribution in [2.45, 2.75) is 77.6 Å². The third-order valence-electron chi connectivity index (χ3n) is 6.29. The Labute approximate surface area is 135 Å². The van der Waals surface area contributed by atoms with Crippen molar-refractivity contribution in [1.29, 1.82) is 0 Å². The van der Waals surface area contributed by atoms with Gasteiger partial charge in [0.15, 0.2) is 0 Å². The van der Waals surface area contributed by atoms with Gasteiger partial charge < -0.3 is 0 Å². The topological polar surface area (TPSA) is 0 Å². The summed E-state index contributed by atoms with van der Waals surface area (Å²) in [7, 11) is 0. The molecular weight excluding hydrogens is 271 g/mol. The zero-order chi connectivity index (χ0) is 15.4. The summed E-state index contributed by atoms with van der Waals surface area (Å²) in [6.07, 6.45) is 15.5. The first-order valence-corrected chi connectivity index (χ1v) is 9.47. The molecule has 0 unspecified atom stereocenters. The molecule has 0 amide bonds. The van der Waals surface area contributed by atoms with Crippen LogP contribution in [0.3, 0.4) is 0 Å². The molecule has 1 aromatic rings. The lowest BCUT2D eigenvalue weighted by Gasteiger charge is -2.36. The minimum Gasteiger partial charge on any atom is -0.207 e. The van der Waals surface area contributed by atoms with E-state index in [0.29, 0.717) is 0 Å². The second-order valence-corrected chi connectivity index (χ2v) is 7.80. The maximum atomic E-state index is 13.6. The molecule has 22 heavy (non-hydrogen) atoms. The predicted octanol–water partition coefficient (Wildman–Crippen LogP) is 6.45. The van der Waals surface area contributed by atoms with Gasteiger partial charge in [-0.15, -0.1) is 0 Å². The molecule has 0 radical (unpaired) electrons. The van der Waals surface area contributed by atoms with E-state index in [-0.39, 0.29) is 5.82 Å². The smallest absolute Gasteiger partial charge is 0.126 e. The van der Waals surface area contributed by atoms with Crippen LogP contribution in [0.15, 0.2) is 18.2 Å². The lowest BCUT2D eigenvalue weighted by Crippen LogP contribution is -2.23. The summed E-state index contributed by atoms with van der Waals surface area (Å²) in [5.41, 5.74) is 1.94. The Morgan fingerprint density at radius 3 is 2.27 bits per heavy atom. The first kappa shape index (κ1) is 16.0. The maximum absolute atomic E-state index is 13.6. The molecule has 0 aliphatic heterocycles. The molecule has 0 spiro atoms. The molecule has 0 saturated heterocycles. The van der Waals surface area contributed by atoms with Gasteiger partial charge in [-0.05, 0) is 67.6 Å². The van der Waals surface area contributed by atoms with E-state index in [1.807, 2.05) is 13.0 Å². The van der Waals surface area contributed by atoms with Crippen molar-refractivity contribution in [2.24, 2.45) is 17.8 Å². The van der Waals surface area contributed by atoms with E-state index in [1.165, 1.54) is 69.8 Å². The molecule has 0 nitrogen and oxygen atoms in total. The third kappa shape index (κ3) is 4.12. The molecule has 1 heteroatoms. The summed E-state index contributed by atoms with van der Waals surface area (Å²) < 4.78 is 13.6. The molecule has 2 fully saturated rings. The van der Waals surface area contributed by atoms with Crippen LogP contribution >= 0.6 is 0 Å². The predicted molar refractivity (Wildman–Crippen MR) is 91.5 cm³/mol. The monoisotopic (exact) mass is 302 g/mol. The van der Waals surface area contributed by atoms with Crippen LogP contribution in [0.2, 0.25) is 0 Å². The van der Waals surface area contributed by atoms with Gasteiger partial charge in [-0.2, -0.15) is 0 Å². The zero-order valence-electron chi connectivity index (χ0n) is 14.1. The lowest BCUT2D eigenvalue weighted by atomic mass is 9.70. The molecule has 2 aliphatic carbocycles. The van der Waals surface area contributed by atoms with E-state index in [0.717, 1.165) is 29.7 Å². The van der Waals surface area contributed by atoms with Crippen LogP contribution in [0.4, 0.5) is 4.39 Å². The van der Waals surface area contributed by atoms with Crippen molar-refractivity contribution in [3.63, 3.8) is 0 Å². The van der Waals surface area contributed by atoms with Crippen molar-refractivity contribution in [3.05, 3.63) is 35.1 Å². The Balaban J connectivity index is 1.42. The number of rotatable bonds is 4. The van der Waals surface area contributed by atoms with Gasteiger partial charge in [-0.25, -0.2) is 4.39 Å². The summed E-state index contributed by atoms with van der Waals surface area (Å²) >= 11 is 0. The van der Waals surface area contributed by atoms with Crippen LogP contribution < -0.4 is 0 Å². The van der Waals surface area contributed by atoms with E-state index in [1.54, 1.807) is 6.07 Å². The summed E-state index contributed by atoms with van der Waals surface area (Å²) in [5, 5.41) is 0. The van der Waals surface area contributed by atoms with Crippen LogP contribution in [0.25, 0.3) is 0 Å². The van der Waals surface area contributed by atoms with E-state index in [2.05, 4.69) is 6.07 Å². The Morgan fingerprint density at radius 1 is 0.909 bits per heavy atom. The second kappa shape index (κ2) is 7.62. The maximum Gasteiger partial charge on any atom is 0.126 e. The van der Waals surface area contributed by atoms with E-state index >= 15 is 0 Å². The van der Waals surface area contributed by atoms with Crippen LogP contribution in [-0.2, 0) is 6.42 Å². The van der Waals surface area contributed by atoms with Crippen LogP contribution in [-0.4, -0.2) is 0 Å². The molecule has 3 rings (SSSR count). The summed E-state index contributed by atoms with van der Waals surface area (Å²) in [4.78, 5) is 0. The van der Waals surface area contributed by atoms with E-state index in [4.69, 9.17) is 0 Å². The fraction of sp³-hybridized carbons (Fsp3) is 0.714. The minimum absolute atomic E-state index is 0.0430. The summed E-state index contributed by atoms with van der Waals surface area (Å²) in [6, 6.07) is 5.76. The number of aryl methyl sites for hydroxylation is 2. The number of hydrogen-bond acceptors (Lipinski definition) is 0. The molecule has 2 saturated carbocycles. The first-order chi connectivity index (χ1) is 10.7. The molecule has 2 aliphatic rings. The molecule has 1 aromatic carbocycles. The molecule has 0 N–H and O–H groups in total. The standard InChI is InChI=1S/C21H31F/c1-16-7-8-18(15-21(16)22)10-9-17-11-13-20(14-12-17)19-5-3-2-4-6-19/h7-8,15,17,19-20H,2-6,9-14H2,1H3. The SMILES string of the molecule is Cc1ccc(CCC2CCC(C3CCCCC3)CC2)cc1F. The lowest BCUT2D eigenvalue weighted by molar-refractivity contribution is 0.163. The zero-order valence-corrected chi connectivity index (χ0v) is 14.1. The highest BCUT2D eigenvalue weighted by Gasteiger charge is 2.28.